The van der Waals surface area contributed by atoms with E-state index in [1.54, 1.807) is 6.20 Å². The van der Waals surface area contributed by atoms with Crippen molar-refractivity contribution in [1.82, 2.24) is 4.98 Å². The number of hydrogen-bond acceptors (Lipinski definition) is 3. The molecule has 3 heteroatoms. The lowest BCUT2D eigenvalue weighted by Crippen LogP contribution is -2.38. The van der Waals surface area contributed by atoms with Crippen LogP contribution in [0.4, 0.5) is 5.69 Å². The summed E-state index contributed by atoms with van der Waals surface area (Å²) in [6.07, 6.45) is 3.52. The van der Waals surface area contributed by atoms with Crippen molar-refractivity contribution in [2.24, 2.45) is 0 Å². The average molecular weight is 268 g/mol. The second-order valence-electron chi connectivity index (χ2n) is 5.14. The van der Waals surface area contributed by atoms with E-state index in [0.717, 1.165) is 24.2 Å². The molecule has 0 amide bonds. The molecule has 2 heterocycles. The lowest BCUT2D eigenvalue weighted by atomic mass is 9.85. The first-order valence-electron chi connectivity index (χ1n) is 7.24. The normalized spacial score (nSPS) is 20.0. The number of fused-ring (bicyclic) bond motifs is 1. The number of ether oxygens (including phenoxy) is 1. The van der Waals surface area contributed by atoms with Gasteiger partial charge >= 0.3 is 0 Å². The number of anilines is 1. The van der Waals surface area contributed by atoms with Crippen molar-refractivity contribution in [1.29, 1.82) is 0 Å². The zero-order chi connectivity index (χ0) is 14.0. The van der Waals surface area contributed by atoms with Gasteiger partial charge in [0.25, 0.3) is 0 Å². The van der Waals surface area contributed by atoms with Gasteiger partial charge in [0.1, 0.15) is 0 Å². The summed E-state index contributed by atoms with van der Waals surface area (Å²) in [6, 6.07) is 14.3. The van der Waals surface area contributed by atoms with Crippen molar-refractivity contribution >= 4 is 5.69 Å². The smallest absolute Gasteiger partial charge is 0.172 e. The highest BCUT2D eigenvalue weighted by Gasteiger charge is 2.39. The number of pyridine rings is 1. The topological polar surface area (TPSA) is 34.1 Å². The number of aromatic nitrogens is 1. The van der Waals surface area contributed by atoms with Crippen molar-refractivity contribution in [3.8, 4) is 0 Å². The van der Waals surface area contributed by atoms with E-state index in [9.17, 15) is 0 Å². The van der Waals surface area contributed by atoms with E-state index >= 15 is 0 Å². The highest BCUT2D eigenvalue weighted by atomic mass is 16.5. The van der Waals surface area contributed by atoms with Crippen molar-refractivity contribution in [3.05, 3.63) is 59.9 Å². The number of para-hydroxylation sites is 1. The van der Waals surface area contributed by atoms with Gasteiger partial charge in [0.2, 0.25) is 0 Å². The molecule has 0 spiro atoms. The van der Waals surface area contributed by atoms with E-state index in [1.165, 1.54) is 5.56 Å². The van der Waals surface area contributed by atoms with Crippen LogP contribution in [0.5, 0.6) is 0 Å². The maximum atomic E-state index is 6.41. The zero-order valence-electron chi connectivity index (χ0n) is 12.0. The van der Waals surface area contributed by atoms with Gasteiger partial charge in [-0.05, 0) is 31.0 Å². The van der Waals surface area contributed by atoms with Gasteiger partial charge in [-0.2, -0.15) is 0 Å². The molecule has 1 aliphatic heterocycles. The molecule has 0 bridgehead atoms. The Morgan fingerprint density at radius 1 is 1.10 bits per heavy atom. The van der Waals surface area contributed by atoms with Crippen molar-refractivity contribution in [2.45, 2.75) is 38.5 Å². The van der Waals surface area contributed by atoms with Gasteiger partial charge in [-0.15, -0.1) is 0 Å². The van der Waals surface area contributed by atoms with Gasteiger partial charge in [0.05, 0.1) is 11.3 Å². The Morgan fingerprint density at radius 3 is 2.55 bits per heavy atom. The highest BCUT2D eigenvalue weighted by Crippen LogP contribution is 2.45. The molecule has 0 fully saturated rings. The predicted octanol–water partition coefficient (Wildman–Crippen LogP) is 4.24. The summed E-state index contributed by atoms with van der Waals surface area (Å²) in [4.78, 5) is 4.42. The molecule has 3 nitrogen and oxygen atoms in total. The van der Waals surface area contributed by atoms with Crippen LogP contribution in [0.2, 0.25) is 0 Å². The summed E-state index contributed by atoms with van der Waals surface area (Å²) in [7, 11) is 0. The van der Waals surface area contributed by atoms with Gasteiger partial charge in [-0.3, -0.25) is 4.98 Å². The Morgan fingerprint density at radius 2 is 1.85 bits per heavy atom. The third kappa shape index (κ3) is 2.08. The maximum Gasteiger partial charge on any atom is 0.172 e. The third-order valence-electron chi connectivity index (χ3n) is 4.15. The minimum Gasteiger partial charge on any atom is -0.355 e. The minimum absolute atomic E-state index is 0.189. The quantitative estimate of drug-likeness (QED) is 0.904. The van der Waals surface area contributed by atoms with Gasteiger partial charge in [0, 0.05) is 17.4 Å². The molecule has 0 radical (unpaired) electrons. The molecule has 104 valence electrons. The monoisotopic (exact) mass is 268 g/mol. The lowest BCUT2D eigenvalue weighted by Gasteiger charge is -2.42. The summed E-state index contributed by atoms with van der Waals surface area (Å²) < 4.78 is 6.41. The first kappa shape index (κ1) is 13.1. The van der Waals surface area contributed by atoms with Crippen LogP contribution >= 0.6 is 0 Å². The van der Waals surface area contributed by atoms with Crippen molar-refractivity contribution < 1.29 is 4.74 Å². The molecule has 3 rings (SSSR count). The standard InChI is InChI=1S/C17H20N2O/c1-3-17(4-2)13-9-5-6-10-14(13)19-16(20-17)15-11-7-8-12-18-15/h5-12,16,19H,3-4H2,1-2H3/t16-/m1/s1. The van der Waals surface area contributed by atoms with Crippen LogP contribution < -0.4 is 5.32 Å². The third-order valence-corrected chi connectivity index (χ3v) is 4.15. The van der Waals surface area contributed by atoms with Crippen LogP contribution in [-0.2, 0) is 10.3 Å². The molecule has 0 saturated carbocycles. The molecule has 0 saturated heterocycles. The number of nitrogens with zero attached hydrogens (tertiary/aromatic N) is 1. The van der Waals surface area contributed by atoms with Crippen molar-refractivity contribution in [3.63, 3.8) is 0 Å². The fraction of sp³-hybridized carbons (Fsp3) is 0.353. The van der Waals surface area contributed by atoms with Crippen molar-refractivity contribution in [2.75, 3.05) is 5.32 Å². The summed E-state index contributed by atoms with van der Waals surface area (Å²) >= 11 is 0. The van der Waals surface area contributed by atoms with Crippen LogP contribution in [-0.4, -0.2) is 4.98 Å². The van der Waals surface area contributed by atoms with E-state index in [2.05, 4.69) is 48.4 Å². The number of hydrogen-bond donors (Lipinski definition) is 1. The van der Waals surface area contributed by atoms with Crippen LogP contribution in [0.15, 0.2) is 48.7 Å². The molecule has 0 unspecified atom stereocenters. The molecule has 1 aromatic carbocycles. The number of rotatable bonds is 3. The first-order chi connectivity index (χ1) is 9.79. The number of benzene rings is 1. The molecule has 0 aliphatic carbocycles. The van der Waals surface area contributed by atoms with Gasteiger partial charge in [-0.25, -0.2) is 0 Å². The van der Waals surface area contributed by atoms with E-state index in [4.69, 9.17) is 4.74 Å². The molecule has 2 aromatic rings. The van der Waals surface area contributed by atoms with Gasteiger partial charge < -0.3 is 10.1 Å². The first-order valence-corrected chi connectivity index (χ1v) is 7.24. The summed E-state index contributed by atoms with van der Waals surface area (Å²) in [6.45, 7) is 4.36. The van der Waals surface area contributed by atoms with E-state index in [-0.39, 0.29) is 11.8 Å². The SMILES string of the molecule is CCC1(CC)O[C@H](c2ccccn2)Nc2ccccc21. The van der Waals surface area contributed by atoms with Crippen LogP contribution in [0.3, 0.4) is 0 Å². The Labute approximate surface area is 120 Å². The zero-order valence-corrected chi connectivity index (χ0v) is 12.0. The molecular weight excluding hydrogens is 248 g/mol. The van der Waals surface area contributed by atoms with Gasteiger partial charge in [-0.1, -0.05) is 38.1 Å². The van der Waals surface area contributed by atoms with Gasteiger partial charge in [0.15, 0.2) is 6.23 Å². The Bertz CT molecular complexity index is 579. The van der Waals surface area contributed by atoms with E-state index in [1.807, 2.05) is 18.2 Å². The second kappa shape index (κ2) is 5.25. The van der Waals surface area contributed by atoms with Crippen LogP contribution in [0.1, 0.15) is 44.2 Å². The second-order valence-corrected chi connectivity index (χ2v) is 5.14. The van der Waals surface area contributed by atoms with Crippen LogP contribution in [0.25, 0.3) is 0 Å². The Balaban J connectivity index is 2.05. The Kier molecular flexibility index (Phi) is 3.45. The number of nitrogens with one attached hydrogen (secondary N) is 1. The largest absolute Gasteiger partial charge is 0.355 e. The van der Waals surface area contributed by atoms with Crippen LogP contribution in [0, 0.1) is 0 Å². The van der Waals surface area contributed by atoms with E-state index < -0.39 is 0 Å². The predicted molar refractivity (Wildman–Crippen MR) is 80.4 cm³/mol. The lowest BCUT2D eigenvalue weighted by molar-refractivity contribution is -0.105. The summed E-state index contributed by atoms with van der Waals surface area (Å²) in [5.74, 6) is 0. The molecule has 1 aliphatic rings. The van der Waals surface area contributed by atoms with E-state index in [0.29, 0.717) is 0 Å². The average Bonchev–Trinajstić information content (AvgIpc) is 2.54. The molecule has 1 N–H and O–H groups in total. The summed E-state index contributed by atoms with van der Waals surface area (Å²) in [5, 5.41) is 3.45. The fourth-order valence-electron chi connectivity index (χ4n) is 2.93. The Hall–Kier alpha value is -1.87. The fourth-order valence-corrected chi connectivity index (χ4v) is 2.93. The molecular formula is C17H20N2O. The molecule has 20 heavy (non-hydrogen) atoms. The molecule has 1 aromatic heterocycles. The minimum atomic E-state index is -0.232. The highest BCUT2D eigenvalue weighted by molar-refractivity contribution is 5.56. The maximum absolute atomic E-state index is 6.41. The molecule has 1 atom stereocenters. The summed E-state index contributed by atoms with van der Waals surface area (Å²) in [5.41, 5.74) is 3.09.